The molecule has 0 unspecified atom stereocenters. The summed E-state index contributed by atoms with van der Waals surface area (Å²) in [7, 11) is -2.20. The van der Waals surface area contributed by atoms with Crippen molar-refractivity contribution in [3.8, 4) is 23.0 Å². The molecule has 4 rings (SSSR count). The van der Waals surface area contributed by atoms with Crippen LogP contribution in [0.25, 0.3) is 17.0 Å². The average Bonchev–Trinajstić information content (AvgIpc) is 3.25. The summed E-state index contributed by atoms with van der Waals surface area (Å²) in [4.78, 5) is 11.5. The van der Waals surface area contributed by atoms with Crippen LogP contribution in [-0.2, 0) is 10.0 Å². The molecule has 2 aromatic heterocycles. The minimum absolute atomic E-state index is 0.0112. The van der Waals surface area contributed by atoms with Crippen molar-refractivity contribution >= 4 is 21.5 Å². The van der Waals surface area contributed by atoms with Crippen molar-refractivity contribution in [2.75, 3.05) is 20.3 Å². The molecule has 0 saturated carbocycles. The van der Waals surface area contributed by atoms with Crippen molar-refractivity contribution < 1.29 is 22.7 Å². The summed E-state index contributed by atoms with van der Waals surface area (Å²) in [6.45, 7) is 1.43. The number of methoxy groups -OCH3 is 1. The molecule has 0 atom stereocenters. The lowest BCUT2D eigenvalue weighted by Crippen LogP contribution is -2.28. The van der Waals surface area contributed by atoms with Crippen LogP contribution in [0, 0.1) is 0 Å². The molecule has 2 aromatic carbocycles. The zero-order valence-electron chi connectivity index (χ0n) is 17.9. The van der Waals surface area contributed by atoms with Gasteiger partial charge in [-0.05, 0) is 37.3 Å². The highest BCUT2D eigenvalue weighted by Crippen LogP contribution is 2.23. The van der Waals surface area contributed by atoms with Gasteiger partial charge in [-0.1, -0.05) is 24.3 Å². The molecule has 0 aliphatic carbocycles. The molecule has 170 valence electrons. The first kappa shape index (κ1) is 22.4. The van der Waals surface area contributed by atoms with E-state index in [9.17, 15) is 13.2 Å². The van der Waals surface area contributed by atoms with Gasteiger partial charge < -0.3 is 9.47 Å². The fourth-order valence-electron chi connectivity index (χ4n) is 3.09. The number of sulfonamides is 1. The van der Waals surface area contributed by atoms with Crippen LogP contribution >= 0.6 is 0 Å². The van der Waals surface area contributed by atoms with Gasteiger partial charge in [0.15, 0.2) is 17.3 Å². The molecule has 0 saturated heterocycles. The minimum Gasteiger partial charge on any atom is -0.497 e. The van der Waals surface area contributed by atoms with E-state index >= 15 is 0 Å². The lowest BCUT2D eigenvalue weighted by atomic mass is 10.2. The molecule has 2 heterocycles. The Bertz CT molecular complexity index is 1420. The van der Waals surface area contributed by atoms with Crippen LogP contribution in [0.15, 0.2) is 65.6 Å². The van der Waals surface area contributed by atoms with Gasteiger partial charge in [0.1, 0.15) is 12.4 Å². The summed E-state index contributed by atoms with van der Waals surface area (Å²) < 4.78 is 39.9. The van der Waals surface area contributed by atoms with Crippen LogP contribution in [0.2, 0.25) is 0 Å². The van der Waals surface area contributed by atoms with Gasteiger partial charge in [-0.2, -0.15) is 4.52 Å². The van der Waals surface area contributed by atoms with Gasteiger partial charge in [0.2, 0.25) is 15.9 Å². The summed E-state index contributed by atoms with van der Waals surface area (Å²) in [5, 5.41) is 12.7. The molecule has 4 aromatic rings. The maximum Gasteiger partial charge on any atom is 0.240 e. The molecule has 33 heavy (non-hydrogen) atoms. The van der Waals surface area contributed by atoms with E-state index in [0.717, 1.165) is 5.56 Å². The van der Waals surface area contributed by atoms with Gasteiger partial charge in [0, 0.05) is 23.7 Å². The number of ether oxygens (including phenoxy) is 2. The van der Waals surface area contributed by atoms with Crippen molar-refractivity contribution in [2.45, 2.75) is 11.8 Å². The maximum absolute atomic E-state index is 12.5. The minimum atomic E-state index is -3.79. The number of carbonyl (C=O) groups excluding carboxylic acids is 1. The number of hydrogen-bond donors (Lipinski definition) is 1. The number of Topliss-reactive ketones (excluding diaryl/α,β-unsaturated/α-hetero) is 1. The van der Waals surface area contributed by atoms with E-state index in [1.807, 2.05) is 24.3 Å². The lowest BCUT2D eigenvalue weighted by molar-refractivity contribution is 0.101. The molecule has 0 spiro atoms. The van der Waals surface area contributed by atoms with Gasteiger partial charge in [-0.3, -0.25) is 4.79 Å². The van der Waals surface area contributed by atoms with Gasteiger partial charge in [0.05, 0.1) is 12.0 Å². The summed E-state index contributed by atoms with van der Waals surface area (Å²) >= 11 is 0. The van der Waals surface area contributed by atoms with Crippen molar-refractivity contribution in [2.24, 2.45) is 0 Å². The van der Waals surface area contributed by atoms with Crippen LogP contribution in [0.4, 0.5) is 0 Å². The second kappa shape index (κ2) is 9.35. The Hall–Kier alpha value is -3.83. The highest BCUT2D eigenvalue weighted by Gasteiger charge is 2.15. The standard InChI is InChI=1S/C22H21N5O5S/c1-15(28)16-5-4-8-19(14-16)33(29,30)23-11-12-32-21-10-9-20-24-25-22(27(20)26-21)17-6-3-7-18(13-17)31-2/h3-10,13-14,23H,11-12H2,1-2H3. The molecule has 0 aliphatic rings. The van der Waals surface area contributed by atoms with E-state index in [0.29, 0.717) is 22.8 Å². The average molecular weight is 468 g/mol. The first-order chi connectivity index (χ1) is 15.9. The van der Waals surface area contributed by atoms with E-state index in [-0.39, 0.29) is 29.7 Å². The number of fused-ring (bicyclic) bond motifs is 1. The molecule has 10 nitrogen and oxygen atoms in total. The number of nitrogens with one attached hydrogen (secondary N) is 1. The van der Waals surface area contributed by atoms with Crippen LogP contribution in [0.1, 0.15) is 17.3 Å². The van der Waals surface area contributed by atoms with Gasteiger partial charge in [-0.15, -0.1) is 15.3 Å². The SMILES string of the molecule is COc1cccc(-c2nnc3ccc(OCCNS(=O)(=O)c4cccc(C(C)=O)c4)nn23)c1. The van der Waals surface area contributed by atoms with E-state index in [4.69, 9.17) is 9.47 Å². The Kier molecular flexibility index (Phi) is 6.33. The highest BCUT2D eigenvalue weighted by atomic mass is 32.2. The number of benzene rings is 2. The first-order valence-electron chi connectivity index (χ1n) is 9.98. The van der Waals surface area contributed by atoms with E-state index in [1.54, 1.807) is 29.8 Å². The van der Waals surface area contributed by atoms with Crippen LogP contribution < -0.4 is 14.2 Å². The normalized spacial score (nSPS) is 11.5. The zero-order valence-corrected chi connectivity index (χ0v) is 18.7. The Morgan fingerprint density at radius 1 is 1.06 bits per heavy atom. The largest absolute Gasteiger partial charge is 0.497 e. The monoisotopic (exact) mass is 467 g/mol. The van der Waals surface area contributed by atoms with Crippen LogP contribution in [-0.4, -0.2) is 54.3 Å². The second-order valence-corrected chi connectivity index (χ2v) is 8.79. The summed E-state index contributed by atoms with van der Waals surface area (Å²) in [6.07, 6.45) is 0. The molecule has 0 radical (unpaired) electrons. The second-order valence-electron chi connectivity index (χ2n) is 7.03. The van der Waals surface area contributed by atoms with Crippen molar-refractivity contribution in [1.82, 2.24) is 24.5 Å². The Morgan fingerprint density at radius 2 is 1.88 bits per heavy atom. The fraction of sp³-hybridized carbons (Fsp3) is 0.182. The molecule has 11 heteroatoms. The zero-order chi connectivity index (χ0) is 23.4. The molecule has 1 N–H and O–H groups in total. The number of hydrogen-bond acceptors (Lipinski definition) is 8. The summed E-state index contributed by atoms with van der Waals surface area (Å²) in [5.74, 6) is 1.27. The smallest absolute Gasteiger partial charge is 0.240 e. The molecular formula is C22H21N5O5S. The third-order valence-electron chi connectivity index (χ3n) is 4.76. The van der Waals surface area contributed by atoms with E-state index < -0.39 is 10.0 Å². The van der Waals surface area contributed by atoms with Gasteiger partial charge >= 0.3 is 0 Å². The van der Waals surface area contributed by atoms with Crippen molar-refractivity contribution in [3.63, 3.8) is 0 Å². The summed E-state index contributed by atoms with van der Waals surface area (Å²) in [5.41, 5.74) is 1.63. The molecule has 0 amide bonds. The van der Waals surface area contributed by atoms with Crippen molar-refractivity contribution in [3.05, 3.63) is 66.2 Å². The molecule has 0 aliphatic heterocycles. The number of aromatic nitrogens is 4. The molecule has 0 fully saturated rings. The quantitative estimate of drug-likeness (QED) is 0.294. The predicted octanol–water partition coefficient (Wildman–Crippen LogP) is 2.36. The topological polar surface area (TPSA) is 125 Å². The molecular weight excluding hydrogens is 446 g/mol. The highest BCUT2D eigenvalue weighted by molar-refractivity contribution is 7.89. The lowest BCUT2D eigenvalue weighted by Gasteiger charge is -2.09. The van der Waals surface area contributed by atoms with Crippen LogP contribution in [0.3, 0.4) is 0 Å². The summed E-state index contributed by atoms with van der Waals surface area (Å²) in [6, 6.07) is 16.5. The predicted molar refractivity (Wildman–Crippen MR) is 120 cm³/mol. The Morgan fingerprint density at radius 3 is 2.67 bits per heavy atom. The number of rotatable bonds is 9. The number of carbonyl (C=O) groups is 1. The third-order valence-corrected chi connectivity index (χ3v) is 6.22. The molecule has 0 bridgehead atoms. The van der Waals surface area contributed by atoms with E-state index in [2.05, 4.69) is 20.0 Å². The third kappa shape index (κ3) is 4.99. The van der Waals surface area contributed by atoms with Crippen molar-refractivity contribution in [1.29, 1.82) is 0 Å². The maximum atomic E-state index is 12.5. The van der Waals surface area contributed by atoms with Gasteiger partial charge in [0.25, 0.3) is 0 Å². The van der Waals surface area contributed by atoms with Gasteiger partial charge in [-0.25, -0.2) is 13.1 Å². The Balaban J connectivity index is 1.43. The Labute approximate surface area is 190 Å². The van der Waals surface area contributed by atoms with E-state index in [1.165, 1.54) is 25.1 Å². The number of ketones is 1. The van der Waals surface area contributed by atoms with Crippen LogP contribution in [0.5, 0.6) is 11.6 Å². The fourth-order valence-corrected chi connectivity index (χ4v) is 4.15. The first-order valence-corrected chi connectivity index (χ1v) is 11.5. The number of nitrogens with zero attached hydrogens (tertiary/aromatic N) is 4.